The molecule has 31 heavy (non-hydrogen) atoms. The van der Waals surface area contributed by atoms with Gasteiger partial charge in [0.05, 0.1) is 18.3 Å². The van der Waals surface area contributed by atoms with E-state index in [1.807, 2.05) is 18.2 Å². The van der Waals surface area contributed by atoms with Crippen LogP contribution in [0.25, 0.3) is 0 Å². The van der Waals surface area contributed by atoms with Crippen molar-refractivity contribution in [3.8, 4) is 0 Å². The van der Waals surface area contributed by atoms with Crippen molar-refractivity contribution in [2.75, 3.05) is 17.2 Å². The second-order valence-electron chi connectivity index (χ2n) is 9.08. The van der Waals surface area contributed by atoms with Crippen LogP contribution in [0.5, 0.6) is 0 Å². The summed E-state index contributed by atoms with van der Waals surface area (Å²) >= 11 is 1.56. The van der Waals surface area contributed by atoms with Crippen molar-refractivity contribution < 1.29 is 9.59 Å². The van der Waals surface area contributed by atoms with Gasteiger partial charge in [-0.1, -0.05) is 58.4 Å². The number of amides is 2. The SMILES string of the molecule is CCCCNC(=O)c1ccc2c(c1)N(Cc1ccc(C(C)(C)C)cc1)C(=O)[C@@H](N)CS2. The Hall–Kier alpha value is -2.31. The van der Waals surface area contributed by atoms with Crippen molar-refractivity contribution in [1.82, 2.24) is 5.32 Å². The highest BCUT2D eigenvalue weighted by molar-refractivity contribution is 7.99. The van der Waals surface area contributed by atoms with Crippen molar-refractivity contribution in [2.24, 2.45) is 5.73 Å². The fourth-order valence-electron chi connectivity index (χ4n) is 3.50. The van der Waals surface area contributed by atoms with E-state index in [1.54, 1.807) is 16.7 Å². The van der Waals surface area contributed by atoms with Crippen LogP contribution in [0.4, 0.5) is 5.69 Å². The van der Waals surface area contributed by atoms with Crippen LogP contribution in [0.3, 0.4) is 0 Å². The number of rotatable bonds is 6. The van der Waals surface area contributed by atoms with Gasteiger partial charge in [0.25, 0.3) is 5.91 Å². The minimum absolute atomic E-state index is 0.0720. The molecule has 1 atom stereocenters. The average molecular weight is 440 g/mol. The lowest BCUT2D eigenvalue weighted by Crippen LogP contribution is -2.44. The fourth-order valence-corrected chi connectivity index (χ4v) is 4.48. The van der Waals surface area contributed by atoms with Crippen LogP contribution in [0, 0.1) is 0 Å². The van der Waals surface area contributed by atoms with E-state index in [1.165, 1.54) is 5.56 Å². The van der Waals surface area contributed by atoms with Crippen molar-refractivity contribution in [3.63, 3.8) is 0 Å². The first-order chi connectivity index (χ1) is 14.7. The van der Waals surface area contributed by atoms with Crippen molar-refractivity contribution in [1.29, 1.82) is 0 Å². The Bertz CT molecular complexity index is 935. The largest absolute Gasteiger partial charge is 0.352 e. The average Bonchev–Trinajstić information content (AvgIpc) is 2.85. The molecule has 1 aliphatic rings. The summed E-state index contributed by atoms with van der Waals surface area (Å²) in [5, 5.41) is 2.95. The first-order valence-electron chi connectivity index (χ1n) is 10.9. The van der Waals surface area contributed by atoms with Crippen LogP contribution < -0.4 is 16.0 Å². The summed E-state index contributed by atoms with van der Waals surface area (Å²) in [6, 6.07) is 13.4. The molecular formula is C25H33N3O2S. The topological polar surface area (TPSA) is 75.4 Å². The van der Waals surface area contributed by atoms with Crippen molar-refractivity contribution >= 4 is 29.3 Å². The second kappa shape index (κ2) is 9.88. The maximum absolute atomic E-state index is 13.1. The zero-order valence-corrected chi connectivity index (χ0v) is 19.7. The fraction of sp³-hybridized carbons (Fsp3) is 0.440. The summed E-state index contributed by atoms with van der Waals surface area (Å²) in [5.41, 5.74) is 9.84. The number of hydrogen-bond donors (Lipinski definition) is 2. The third-order valence-electron chi connectivity index (χ3n) is 5.49. The Morgan fingerprint density at radius 1 is 1.19 bits per heavy atom. The third-order valence-corrected chi connectivity index (χ3v) is 6.67. The molecule has 0 spiro atoms. The van der Waals surface area contributed by atoms with Crippen LogP contribution in [-0.4, -0.2) is 30.2 Å². The Morgan fingerprint density at radius 3 is 2.55 bits per heavy atom. The van der Waals surface area contributed by atoms with Gasteiger partial charge in [-0.25, -0.2) is 0 Å². The molecule has 166 valence electrons. The van der Waals surface area contributed by atoms with Gasteiger partial charge in [-0.15, -0.1) is 11.8 Å². The number of hydrogen-bond acceptors (Lipinski definition) is 4. The molecule has 0 bridgehead atoms. The van der Waals surface area contributed by atoms with E-state index in [9.17, 15) is 9.59 Å². The summed E-state index contributed by atoms with van der Waals surface area (Å²) in [6.45, 7) is 9.70. The Morgan fingerprint density at radius 2 is 1.90 bits per heavy atom. The summed E-state index contributed by atoms with van der Waals surface area (Å²) in [7, 11) is 0. The van der Waals surface area contributed by atoms with Gasteiger partial charge in [-0.3, -0.25) is 9.59 Å². The first kappa shape index (κ1) is 23.4. The molecular weight excluding hydrogens is 406 g/mol. The van der Waals surface area contributed by atoms with E-state index >= 15 is 0 Å². The quantitative estimate of drug-likeness (QED) is 0.651. The summed E-state index contributed by atoms with van der Waals surface area (Å²) in [6.07, 6.45) is 1.96. The number of nitrogens with one attached hydrogen (secondary N) is 1. The highest BCUT2D eigenvalue weighted by Crippen LogP contribution is 2.36. The van der Waals surface area contributed by atoms with Gasteiger partial charge < -0.3 is 16.0 Å². The zero-order valence-electron chi connectivity index (χ0n) is 18.9. The van der Waals surface area contributed by atoms with Crippen LogP contribution >= 0.6 is 11.8 Å². The Labute approximate surface area is 189 Å². The maximum atomic E-state index is 13.1. The lowest BCUT2D eigenvalue weighted by molar-refractivity contribution is -0.119. The second-order valence-corrected chi connectivity index (χ2v) is 10.1. The van der Waals surface area contributed by atoms with E-state index in [4.69, 9.17) is 5.73 Å². The van der Waals surface area contributed by atoms with E-state index in [2.05, 4.69) is 57.3 Å². The molecule has 1 heterocycles. The minimum Gasteiger partial charge on any atom is -0.352 e. The summed E-state index contributed by atoms with van der Waals surface area (Å²) in [4.78, 5) is 28.4. The Kier molecular flexibility index (Phi) is 7.44. The molecule has 0 saturated heterocycles. The zero-order chi connectivity index (χ0) is 22.6. The number of unbranched alkanes of at least 4 members (excludes halogenated alkanes) is 1. The number of fused-ring (bicyclic) bond motifs is 1. The normalized spacial score (nSPS) is 16.6. The number of nitrogens with zero attached hydrogens (tertiary/aromatic N) is 1. The van der Waals surface area contributed by atoms with Gasteiger partial charge in [-0.2, -0.15) is 0 Å². The molecule has 3 N–H and O–H groups in total. The number of nitrogens with two attached hydrogens (primary N) is 1. The van der Waals surface area contributed by atoms with Gasteiger partial charge in [0.1, 0.15) is 0 Å². The lowest BCUT2D eigenvalue weighted by atomic mass is 9.87. The number of anilines is 1. The molecule has 0 aromatic heterocycles. The lowest BCUT2D eigenvalue weighted by Gasteiger charge is -2.25. The third kappa shape index (κ3) is 5.69. The van der Waals surface area contributed by atoms with Gasteiger partial charge >= 0.3 is 0 Å². The molecule has 2 amide bonds. The molecule has 0 radical (unpaired) electrons. The highest BCUT2D eigenvalue weighted by atomic mass is 32.2. The predicted octanol–water partition coefficient (Wildman–Crippen LogP) is 4.48. The van der Waals surface area contributed by atoms with Crippen molar-refractivity contribution in [3.05, 3.63) is 59.2 Å². The summed E-state index contributed by atoms with van der Waals surface area (Å²) < 4.78 is 0. The van der Waals surface area contributed by atoms with E-state index in [-0.39, 0.29) is 17.2 Å². The predicted molar refractivity (Wildman–Crippen MR) is 129 cm³/mol. The van der Waals surface area contributed by atoms with Gasteiger partial charge in [-0.05, 0) is 41.2 Å². The van der Waals surface area contributed by atoms with Crippen molar-refractivity contribution in [2.45, 2.75) is 63.4 Å². The Balaban J connectivity index is 1.91. The van der Waals surface area contributed by atoms with E-state index in [0.717, 1.165) is 29.0 Å². The molecule has 6 heteroatoms. The monoisotopic (exact) mass is 439 g/mol. The van der Waals surface area contributed by atoms with Gasteiger partial charge in [0, 0.05) is 22.8 Å². The molecule has 1 aliphatic heterocycles. The molecule has 5 nitrogen and oxygen atoms in total. The van der Waals surface area contributed by atoms with Crippen LogP contribution in [-0.2, 0) is 16.8 Å². The van der Waals surface area contributed by atoms with Crippen LogP contribution in [0.2, 0.25) is 0 Å². The smallest absolute Gasteiger partial charge is 0.251 e. The number of carbonyl (C=O) groups is 2. The standard InChI is InChI=1S/C25H33N3O2S/c1-5-6-13-27-23(29)18-9-12-22-21(14-18)28(24(30)20(26)16-31-22)15-17-7-10-19(11-8-17)25(2,3)4/h7-12,14,20H,5-6,13,15-16,26H2,1-4H3,(H,27,29)/t20-/m0/s1. The molecule has 2 aromatic rings. The number of carbonyl (C=O) groups excluding carboxylic acids is 2. The van der Waals surface area contributed by atoms with Crippen LogP contribution in [0.1, 0.15) is 62.0 Å². The van der Waals surface area contributed by atoms with Gasteiger partial charge in [0.2, 0.25) is 5.91 Å². The van der Waals surface area contributed by atoms with Gasteiger partial charge in [0.15, 0.2) is 0 Å². The molecule has 0 saturated carbocycles. The summed E-state index contributed by atoms with van der Waals surface area (Å²) in [5.74, 6) is 0.291. The van der Waals surface area contributed by atoms with E-state index in [0.29, 0.717) is 24.4 Å². The molecule has 0 aliphatic carbocycles. The molecule has 2 aromatic carbocycles. The molecule has 3 rings (SSSR count). The molecule has 0 fully saturated rings. The number of thioether (sulfide) groups is 1. The minimum atomic E-state index is -0.576. The highest BCUT2D eigenvalue weighted by Gasteiger charge is 2.29. The number of benzene rings is 2. The van der Waals surface area contributed by atoms with E-state index < -0.39 is 6.04 Å². The maximum Gasteiger partial charge on any atom is 0.251 e. The first-order valence-corrected chi connectivity index (χ1v) is 11.9. The molecule has 0 unspecified atom stereocenters. The van der Waals surface area contributed by atoms with Crippen LogP contribution in [0.15, 0.2) is 47.4 Å².